The number of hydrogen-bond donors (Lipinski definition) is 2. The highest BCUT2D eigenvalue weighted by Gasteiger charge is 2.02. The normalized spacial score (nSPS) is 10.2. The number of carbonyl (C=O) groups is 2. The first-order valence-corrected chi connectivity index (χ1v) is 9.01. The summed E-state index contributed by atoms with van der Waals surface area (Å²) in [5, 5.41) is 11.3. The number of carboxylic acids is 1. The molecule has 0 spiro atoms. The molecule has 6 nitrogen and oxygen atoms in total. The highest BCUT2D eigenvalue weighted by Crippen LogP contribution is 2.14. The van der Waals surface area contributed by atoms with E-state index in [-0.39, 0.29) is 19.6 Å². The van der Waals surface area contributed by atoms with Gasteiger partial charge in [0.1, 0.15) is 12.4 Å². The second-order valence-corrected chi connectivity index (χ2v) is 6.08. The van der Waals surface area contributed by atoms with Gasteiger partial charge in [-0.15, -0.1) is 0 Å². The standard InChI is InChI=1S/C21H25NO5/c23-20(24)13-15-26-19-11-9-17(10-12-19)6-4-5-14-22-21(25)27-16-18-7-2-1-3-8-18/h1-3,7-12H,4-6,13-16H2,(H,22,25)(H,23,24). The number of rotatable bonds is 11. The minimum absolute atomic E-state index is 0.0114. The van der Waals surface area contributed by atoms with Crippen LogP contribution >= 0.6 is 0 Å². The van der Waals surface area contributed by atoms with E-state index in [1.807, 2.05) is 54.6 Å². The molecule has 0 unspecified atom stereocenters. The van der Waals surface area contributed by atoms with Gasteiger partial charge in [0.15, 0.2) is 0 Å². The Balaban J connectivity index is 1.54. The summed E-state index contributed by atoms with van der Waals surface area (Å²) in [5.41, 5.74) is 2.13. The maximum absolute atomic E-state index is 11.6. The van der Waals surface area contributed by atoms with Gasteiger partial charge in [0.05, 0.1) is 13.0 Å². The van der Waals surface area contributed by atoms with Crippen LogP contribution in [0.4, 0.5) is 4.79 Å². The molecule has 2 aromatic rings. The first-order valence-electron chi connectivity index (χ1n) is 9.01. The van der Waals surface area contributed by atoms with Gasteiger partial charge in [-0.05, 0) is 42.5 Å². The molecule has 2 rings (SSSR count). The average Bonchev–Trinajstić information content (AvgIpc) is 2.68. The zero-order valence-electron chi connectivity index (χ0n) is 15.2. The zero-order chi connectivity index (χ0) is 19.3. The van der Waals surface area contributed by atoms with Crippen molar-refractivity contribution in [3.05, 3.63) is 65.7 Å². The second-order valence-electron chi connectivity index (χ2n) is 6.08. The fourth-order valence-electron chi connectivity index (χ4n) is 2.43. The monoisotopic (exact) mass is 371 g/mol. The highest BCUT2D eigenvalue weighted by molar-refractivity contribution is 5.67. The third-order valence-corrected chi connectivity index (χ3v) is 3.88. The molecule has 6 heteroatoms. The van der Waals surface area contributed by atoms with Gasteiger partial charge in [0, 0.05) is 6.54 Å². The van der Waals surface area contributed by atoms with Crippen LogP contribution in [0, 0.1) is 0 Å². The Morgan fingerprint density at radius 1 is 0.926 bits per heavy atom. The molecule has 0 fully saturated rings. The van der Waals surface area contributed by atoms with Crippen LogP contribution in [0.1, 0.15) is 30.4 Å². The van der Waals surface area contributed by atoms with Crippen molar-refractivity contribution in [1.82, 2.24) is 5.32 Å². The van der Waals surface area contributed by atoms with E-state index in [4.69, 9.17) is 14.6 Å². The molecule has 0 aliphatic carbocycles. The van der Waals surface area contributed by atoms with E-state index in [9.17, 15) is 9.59 Å². The van der Waals surface area contributed by atoms with Gasteiger partial charge >= 0.3 is 12.1 Å². The highest BCUT2D eigenvalue weighted by atomic mass is 16.5. The smallest absolute Gasteiger partial charge is 0.407 e. The number of benzene rings is 2. The van der Waals surface area contributed by atoms with Crippen LogP contribution < -0.4 is 10.1 Å². The topological polar surface area (TPSA) is 84.9 Å². The SMILES string of the molecule is O=C(O)CCOc1ccc(CCCCNC(=O)OCc2ccccc2)cc1. The number of carbonyl (C=O) groups excluding carboxylic acids is 1. The minimum Gasteiger partial charge on any atom is -0.493 e. The average molecular weight is 371 g/mol. The fraction of sp³-hybridized carbons (Fsp3) is 0.333. The van der Waals surface area contributed by atoms with Crippen molar-refractivity contribution < 1.29 is 24.2 Å². The lowest BCUT2D eigenvalue weighted by Crippen LogP contribution is -2.25. The predicted molar refractivity (Wildman–Crippen MR) is 102 cm³/mol. The van der Waals surface area contributed by atoms with E-state index in [1.54, 1.807) is 0 Å². The minimum atomic E-state index is -0.871. The number of aryl methyl sites for hydroxylation is 1. The van der Waals surface area contributed by atoms with Gasteiger partial charge in [0.2, 0.25) is 0 Å². The Kier molecular flexibility index (Phi) is 8.69. The molecule has 0 aromatic heterocycles. The maximum atomic E-state index is 11.6. The number of nitrogens with one attached hydrogen (secondary N) is 1. The molecule has 27 heavy (non-hydrogen) atoms. The van der Waals surface area contributed by atoms with Gasteiger partial charge in [-0.25, -0.2) is 4.79 Å². The van der Waals surface area contributed by atoms with Crippen LogP contribution in [0.25, 0.3) is 0 Å². The molecule has 0 aliphatic heterocycles. The Morgan fingerprint density at radius 2 is 1.67 bits per heavy atom. The van der Waals surface area contributed by atoms with Crippen molar-refractivity contribution in [2.75, 3.05) is 13.2 Å². The Bertz CT molecular complexity index is 700. The van der Waals surface area contributed by atoms with Gasteiger partial charge in [-0.2, -0.15) is 0 Å². The molecule has 0 heterocycles. The molecule has 2 N–H and O–H groups in total. The summed E-state index contributed by atoms with van der Waals surface area (Å²) in [7, 11) is 0. The fourth-order valence-corrected chi connectivity index (χ4v) is 2.43. The molecule has 0 bridgehead atoms. The number of ether oxygens (including phenoxy) is 2. The lowest BCUT2D eigenvalue weighted by molar-refractivity contribution is -0.137. The molecular weight excluding hydrogens is 346 g/mol. The molecule has 1 amide bonds. The van der Waals surface area contributed by atoms with E-state index in [2.05, 4.69) is 5.32 Å². The van der Waals surface area contributed by atoms with Crippen molar-refractivity contribution >= 4 is 12.1 Å². The lowest BCUT2D eigenvalue weighted by Gasteiger charge is -2.08. The zero-order valence-corrected chi connectivity index (χ0v) is 15.2. The molecule has 0 aliphatic rings. The van der Waals surface area contributed by atoms with Gasteiger partial charge in [0.25, 0.3) is 0 Å². The summed E-state index contributed by atoms with van der Waals surface area (Å²) in [6.07, 6.45) is 2.29. The Hall–Kier alpha value is -3.02. The van der Waals surface area contributed by atoms with Crippen molar-refractivity contribution in [2.24, 2.45) is 0 Å². The number of hydrogen-bond acceptors (Lipinski definition) is 4. The van der Waals surface area contributed by atoms with Gasteiger partial charge in [-0.3, -0.25) is 4.79 Å². The number of carboxylic acid groups (broad SMARTS) is 1. The molecule has 0 saturated carbocycles. The summed E-state index contributed by atoms with van der Waals surface area (Å²) >= 11 is 0. The predicted octanol–water partition coefficient (Wildman–Crippen LogP) is 3.79. The number of aliphatic carboxylic acids is 1. The van der Waals surface area contributed by atoms with Crippen LogP contribution in [-0.4, -0.2) is 30.3 Å². The van der Waals surface area contributed by atoms with E-state index in [0.29, 0.717) is 12.3 Å². The van der Waals surface area contributed by atoms with Crippen LogP contribution in [-0.2, 0) is 22.6 Å². The third-order valence-electron chi connectivity index (χ3n) is 3.88. The number of alkyl carbamates (subject to hydrolysis) is 1. The number of amides is 1. The molecular formula is C21H25NO5. The molecule has 0 atom stereocenters. The van der Waals surface area contributed by atoms with Gasteiger partial charge in [-0.1, -0.05) is 42.5 Å². The van der Waals surface area contributed by atoms with Crippen LogP contribution in [0.2, 0.25) is 0 Å². The van der Waals surface area contributed by atoms with E-state index < -0.39 is 12.1 Å². The summed E-state index contributed by atoms with van der Waals surface area (Å²) in [6, 6.07) is 17.2. The number of unbranched alkanes of at least 4 members (excludes halogenated alkanes) is 1. The van der Waals surface area contributed by atoms with Crippen LogP contribution in [0.3, 0.4) is 0 Å². The van der Waals surface area contributed by atoms with Crippen LogP contribution in [0.5, 0.6) is 5.75 Å². The summed E-state index contributed by atoms with van der Waals surface area (Å²) < 4.78 is 10.5. The van der Waals surface area contributed by atoms with E-state index >= 15 is 0 Å². The third kappa shape index (κ3) is 8.76. The summed E-state index contributed by atoms with van der Waals surface area (Å²) in [6.45, 7) is 1.01. The quantitative estimate of drug-likeness (QED) is 0.587. The largest absolute Gasteiger partial charge is 0.493 e. The summed E-state index contributed by atoms with van der Waals surface area (Å²) in [4.78, 5) is 22.1. The molecule has 2 aromatic carbocycles. The lowest BCUT2D eigenvalue weighted by atomic mass is 10.1. The van der Waals surface area contributed by atoms with Crippen molar-refractivity contribution in [3.8, 4) is 5.75 Å². The molecule has 0 saturated heterocycles. The van der Waals surface area contributed by atoms with E-state index in [1.165, 1.54) is 5.56 Å². The molecule has 144 valence electrons. The maximum Gasteiger partial charge on any atom is 0.407 e. The van der Waals surface area contributed by atoms with Gasteiger partial charge < -0.3 is 19.9 Å². The Morgan fingerprint density at radius 3 is 2.37 bits per heavy atom. The van der Waals surface area contributed by atoms with Crippen molar-refractivity contribution in [2.45, 2.75) is 32.3 Å². The van der Waals surface area contributed by atoms with Crippen molar-refractivity contribution in [1.29, 1.82) is 0 Å². The summed E-state index contributed by atoms with van der Waals surface area (Å²) in [5.74, 6) is -0.202. The first-order chi connectivity index (χ1) is 13.1. The second kappa shape index (κ2) is 11.6. The Labute approximate surface area is 159 Å². The molecule has 0 radical (unpaired) electrons. The van der Waals surface area contributed by atoms with Crippen LogP contribution in [0.15, 0.2) is 54.6 Å². The van der Waals surface area contributed by atoms with Crippen molar-refractivity contribution in [3.63, 3.8) is 0 Å². The first kappa shape index (κ1) is 20.3. The van der Waals surface area contributed by atoms with E-state index in [0.717, 1.165) is 24.8 Å².